The van der Waals surface area contributed by atoms with E-state index in [9.17, 15) is 9.59 Å². The highest BCUT2D eigenvalue weighted by atomic mass is 16.2. The van der Waals surface area contributed by atoms with E-state index in [4.69, 9.17) is 0 Å². The van der Waals surface area contributed by atoms with E-state index in [1.165, 1.54) is 11.3 Å². The number of nitrogens with one attached hydrogen (secondary N) is 1. The van der Waals surface area contributed by atoms with Gasteiger partial charge in [-0.2, -0.15) is 0 Å². The SMILES string of the molecule is CC1CCN(c2ccc(NC(=O)N(C)C)cc2C(=O)N2CCCCC2)CC1. The number of urea groups is 1. The minimum atomic E-state index is -0.189. The molecule has 3 rings (SSSR count). The van der Waals surface area contributed by atoms with Crippen LogP contribution in [-0.2, 0) is 0 Å². The summed E-state index contributed by atoms with van der Waals surface area (Å²) in [6, 6.07) is 5.57. The Balaban J connectivity index is 1.89. The van der Waals surface area contributed by atoms with Gasteiger partial charge in [-0.15, -0.1) is 0 Å². The first-order valence-electron chi connectivity index (χ1n) is 10.1. The fourth-order valence-corrected chi connectivity index (χ4v) is 3.81. The Labute approximate surface area is 162 Å². The third-order valence-electron chi connectivity index (χ3n) is 5.65. The van der Waals surface area contributed by atoms with Crippen LogP contribution < -0.4 is 10.2 Å². The Morgan fingerprint density at radius 1 is 1.04 bits per heavy atom. The Morgan fingerprint density at radius 3 is 2.33 bits per heavy atom. The van der Waals surface area contributed by atoms with Crippen molar-refractivity contribution in [2.24, 2.45) is 5.92 Å². The molecule has 1 aromatic rings. The van der Waals surface area contributed by atoms with Crippen molar-refractivity contribution in [3.63, 3.8) is 0 Å². The van der Waals surface area contributed by atoms with Crippen LogP contribution in [0.5, 0.6) is 0 Å². The van der Waals surface area contributed by atoms with Gasteiger partial charge in [-0.25, -0.2) is 4.79 Å². The summed E-state index contributed by atoms with van der Waals surface area (Å²) in [5, 5.41) is 2.87. The monoisotopic (exact) mass is 372 g/mol. The zero-order chi connectivity index (χ0) is 19.4. The molecule has 2 fully saturated rings. The quantitative estimate of drug-likeness (QED) is 0.881. The number of piperidine rings is 2. The zero-order valence-corrected chi connectivity index (χ0v) is 16.8. The fraction of sp³-hybridized carbons (Fsp3) is 0.619. The van der Waals surface area contributed by atoms with Crippen LogP contribution >= 0.6 is 0 Å². The second kappa shape index (κ2) is 8.63. The molecule has 0 atom stereocenters. The van der Waals surface area contributed by atoms with E-state index >= 15 is 0 Å². The topological polar surface area (TPSA) is 55.9 Å². The number of hydrogen-bond donors (Lipinski definition) is 1. The number of hydrogen-bond acceptors (Lipinski definition) is 3. The van der Waals surface area contributed by atoms with Crippen LogP contribution in [0.3, 0.4) is 0 Å². The summed E-state index contributed by atoms with van der Waals surface area (Å²) in [4.78, 5) is 31.1. The second-order valence-electron chi connectivity index (χ2n) is 8.08. The Hall–Kier alpha value is -2.24. The maximum absolute atomic E-state index is 13.3. The summed E-state index contributed by atoms with van der Waals surface area (Å²) in [6.07, 6.45) is 5.63. The van der Waals surface area contributed by atoms with Gasteiger partial charge in [0.2, 0.25) is 0 Å². The van der Waals surface area contributed by atoms with Gasteiger partial charge in [-0.05, 0) is 56.2 Å². The standard InChI is InChI=1S/C21H32N4O2/c1-16-9-13-24(14-10-16)19-8-7-17(22-21(27)23(2)3)15-18(19)20(26)25-11-5-4-6-12-25/h7-8,15-16H,4-6,9-14H2,1-3H3,(H,22,27). The molecule has 2 saturated heterocycles. The van der Waals surface area contributed by atoms with E-state index < -0.39 is 0 Å². The van der Waals surface area contributed by atoms with Gasteiger partial charge in [-0.3, -0.25) is 4.79 Å². The summed E-state index contributed by atoms with van der Waals surface area (Å²) in [5.74, 6) is 0.824. The lowest BCUT2D eigenvalue weighted by Crippen LogP contribution is -2.38. The molecule has 0 unspecified atom stereocenters. The molecule has 0 bridgehead atoms. The predicted octanol–water partition coefficient (Wildman–Crippen LogP) is 3.64. The van der Waals surface area contributed by atoms with Gasteiger partial charge < -0.3 is 20.0 Å². The molecule has 2 aliphatic heterocycles. The maximum Gasteiger partial charge on any atom is 0.321 e. The van der Waals surface area contributed by atoms with Gasteiger partial charge >= 0.3 is 6.03 Å². The summed E-state index contributed by atoms with van der Waals surface area (Å²) in [6.45, 7) is 5.89. The van der Waals surface area contributed by atoms with Crippen molar-refractivity contribution >= 4 is 23.3 Å². The first kappa shape index (κ1) is 19.5. The van der Waals surface area contributed by atoms with Crippen molar-refractivity contribution in [2.75, 3.05) is 50.5 Å². The van der Waals surface area contributed by atoms with Gasteiger partial charge in [0.05, 0.1) is 5.56 Å². The van der Waals surface area contributed by atoms with Crippen molar-refractivity contribution in [3.05, 3.63) is 23.8 Å². The number of rotatable bonds is 3. The van der Waals surface area contributed by atoms with E-state index in [0.717, 1.165) is 63.5 Å². The highest BCUT2D eigenvalue weighted by Gasteiger charge is 2.25. The van der Waals surface area contributed by atoms with Crippen LogP contribution in [0.1, 0.15) is 49.4 Å². The Bertz CT molecular complexity index is 675. The van der Waals surface area contributed by atoms with Gasteiger partial charge in [0.15, 0.2) is 0 Å². The molecule has 2 heterocycles. The molecular weight excluding hydrogens is 340 g/mol. The molecule has 6 heteroatoms. The number of carbonyl (C=O) groups excluding carboxylic acids is 2. The normalized spacial score (nSPS) is 18.3. The van der Waals surface area contributed by atoms with Crippen LogP contribution in [0.4, 0.5) is 16.2 Å². The molecule has 3 amide bonds. The number of carbonyl (C=O) groups is 2. The lowest BCUT2D eigenvalue weighted by atomic mass is 9.97. The van der Waals surface area contributed by atoms with Gasteiger partial charge in [0.1, 0.15) is 0 Å². The highest BCUT2D eigenvalue weighted by Crippen LogP contribution is 2.30. The van der Waals surface area contributed by atoms with E-state index in [0.29, 0.717) is 11.3 Å². The molecule has 2 aliphatic rings. The molecule has 0 spiro atoms. The van der Waals surface area contributed by atoms with E-state index in [2.05, 4.69) is 17.1 Å². The number of benzene rings is 1. The minimum Gasteiger partial charge on any atom is -0.371 e. The lowest BCUT2D eigenvalue weighted by Gasteiger charge is -2.35. The third-order valence-corrected chi connectivity index (χ3v) is 5.65. The zero-order valence-electron chi connectivity index (χ0n) is 16.8. The molecule has 0 radical (unpaired) electrons. The summed E-state index contributed by atoms with van der Waals surface area (Å²) in [7, 11) is 3.41. The number of likely N-dealkylation sites (tertiary alicyclic amines) is 1. The molecule has 0 saturated carbocycles. The highest BCUT2D eigenvalue weighted by molar-refractivity contribution is 6.02. The molecule has 1 N–H and O–H groups in total. The van der Waals surface area contributed by atoms with Crippen LogP contribution in [-0.4, -0.2) is 62.0 Å². The second-order valence-corrected chi connectivity index (χ2v) is 8.08. The summed E-state index contributed by atoms with van der Waals surface area (Å²) < 4.78 is 0. The van der Waals surface area contributed by atoms with Crippen LogP contribution in [0.25, 0.3) is 0 Å². The molecule has 27 heavy (non-hydrogen) atoms. The van der Waals surface area contributed by atoms with E-state index in [1.807, 2.05) is 23.1 Å². The summed E-state index contributed by atoms with van der Waals surface area (Å²) >= 11 is 0. The largest absolute Gasteiger partial charge is 0.371 e. The van der Waals surface area contributed by atoms with E-state index in [-0.39, 0.29) is 11.9 Å². The number of anilines is 2. The maximum atomic E-state index is 13.3. The van der Waals surface area contributed by atoms with Crippen molar-refractivity contribution in [1.82, 2.24) is 9.80 Å². The smallest absolute Gasteiger partial charge is 0.321 e. The Kier molecular flexibility index (Phi) is 6.24. The molecule has 1 aromatic carbocycles. The van der Waals surface area contributed by atoms with Crippen molar-refractivity contribution in [2.45, 2.75) is 39.0 Å². The molecular formula is C21H32N4O2. The van der Waals surface area contributed by atoms with Gasteiger partial charge in [0, 0.05) is 51.6 Å². The molecule has 148 valence electrons. The van der Waals surface area contributed by atoms with Crippen molar-refractivity contribution < 1.29 is 9.59 Å². The minimum absolute atomic E-state index is 0.0873. The van der Waals surface area contributed by atoms with Gasteiger partial charge in [-0.1, -0.05) is 6.92 Å². The summed E-state index contributed by atoms with van der Waals surface area (Å²) in [5.41, 5.74) is 2.38. The Morgan fingerprint density at radius 2 is 1.70 bits per heavy atom. The van der Waals surface area contributed by atoms with Crippen molar-refractivity contribution in [1.29, 1.82) is 0 Å². The van der Waals surface area contributed by atoms with Gasteiger partial charge in [0.25, 0.3) is 5.91 Å². The molecule has 6 nitrogen and oxygen atoms in total. The lowest BCUT2D eigenvalue weighted by molar-refractivity contribution is 0.0725. The molecule has 0 aliphatic carbocycles. The van der Waals surface area contributed by atoms with Crippen LogP contribution in [0.2, 0.25) is 0 Å². The van der Waals surface area contributed by atoms with Crippen LogP contribution in [0.15, 0.2) is 18.2 Å². The average Bonchev–Trinajstić information content (AvgIpc) is 2.68. The average molecular weight is 373 g/mol. The first-order chi connectivity index (χ1) is 13.0. The first-order valence-corrected chi connectivity index (χ1v) is 10.1. The number of nitrogens with zero attached hydrogens (tertiary/aromatic N) is 3. The van der Waals surface area contributed by atoms with Crippen molar-refractivity contribution in [3.8, 4) is 0 Å². The van der Waals surface area contributed by atoms with E-state index in [1.54, 1.807) is 14.1 Å². The fourth-order valence-electron chi connectivity index (χ4n) is 3.81. The predicted molar refractivity (Wildman–Crippen MR) is 110 cm³/mol. The van der Waals surface area contributed by atoms with Crippen LogP contribution in [0, 0.1) is 5.92 Å². The third kappa shape index (κ3) is 4.73. The number of amides is 3. The molecule has 0 aromatic heterocycles.